The molecule has 20 heavy (non-hydrogen) atoms. The van der Waals surface area contributed by atoms with Gasteiger partial charge in [0.25, 0.3) is 5.90 Å². The first-order chi connectivity index (χ1) is 9.76. The van der Waals surface area contributed by atoms with Gasteiger partial charge in [-0.1, -0.05) is 31.2 Å². The Kier molecular flexibility index (Phi) is 3.21. The van der Waals surface area contributed by atoms with E-state index in [0.29, 0.717) is 5.76 Å². The van der Waals surface area contributed by atoms with Gasteiger partial charge in [0.15, 0.2) is 11.5 Å². The van der Waals surface area contributed by atoms with E-state index >= 15 is 0 Å². The fraction of sp³-hybridized carbons (Fsp3) is 0.125. The Hall–Kier alpha value is -2.62. The maximum atomic E-state index is 11.8. The zero-order valence-corrected chi connectivity index (χ0v) is 11.0. The number of aliphatic imine (C=N–C) groups is 1. The van der Waals surface area contributed by atoms with Crippen LogP contribution in [0.15, 0.2) is 57.8 Å². The number of cyclic esters (lactones) is 1. The number of rotatable bonds is 3. The third kappa shape index (κ3) is 2.40. The predicted molar refractivity (Wildman–Crippen MR) is 75.1 cm³/mol. The van der Waals surface area contributed by atoms with Crippen LogP contribution in [0.4, 0.5) is 0 Å². The summed E-state index contributed by atoms with van der Waals surface area (Å²) in [4.78, 5) is 15.9. The first-order valence-corrected chi connectivity index (χ1v) is 6.41. The van der Waals surface area contributed by atoms with Gasteiger partial charge in [0.05, 0.1) is 6.26 Å². The third-order valence-corrected chi connectivity index (χ3v) is 3.04. The quantitative estimate of drug-likeness (QED) is 0.634. The van der Waals surface area contributed by atoms with E-state index in [0.717, 1.165) is 12.0 Å². The third-order valence-electron chi connectivity index (χ3n) is 3.04. The van der Waals surface area contributed by atoms with Gasteiger partial charge in [0.2, 0.25) is 0 Å². The minimum atomic E-state index is -0.462. The van der Waals surface area contributed by atoms with Crippen molar-refractivity contribution >= 4 is 17.9 Å². The van der Waals surface area contributed by atoms with Crippen LogP contribution < -0.4 is 0 Å². The topological polar surface area (TPSA) is 51.8 Å². The van der Waals surface area contributed by atoms with Gasteiger partial charge >= 0.3 is 5.97 Å². The number of carbonyl (C=O) groups excluding carboxylic acids is 1. The monoisotopic (exact) mass is 267 g/mol. The van der Waals surface area contributed by atoms with Crippen molar-refractivity contribution < 1.29 is 13.9 Å². The lowest BCUT2D eigenvalue weighted by Gasteiger charge is -1.97. The molecule has 4 nitrogen and oxygen atoms in total. The summed E-state index contributed by atoms with van der Waals surface area (Å²) in [6.45, 7) is 2.10. The Morgan fingerprint density at radius 1 is 1.20 bits per heavy atom. The van der Waals surface area contributed by atoms with Crippen LogP contribution in [0, 0.1) is 0 Å². The first-order valence-electron chi connectivity index (χ1n) is 6.41. The summed E-state index contributed by atoms with van der Waals surface area (Å²) >= 11 is 0. The van der Waals surface area contributed by atoms with Gasteiger partial charge < -0.3 is 9.15 Å². The summed E-state index contributed by atoms with van der Waals surface area (Å²) < 4.78 is 10.2. The molecule has 4 heteroatoms. The van der Waals surface area contributed by atoms with Crippen molar-refractivity contribution in [2.24, 2.45) is 4.99 Å². The fourth-order valence-electron chi connectivity index (χ4n) is 1.92. The van der Waals surface area contributed by atoms with E-state index in [9.17, 15) is 4.79 Å². The second kappa shape index (κ2) is 5.17. The molecule has 0 amide bonds. The summed E-state index contributed by atoms with van der Waals surface area (Å²) in [6, 6.07) is 11.4. The molecular weight excluding hydrogens is 254 g/mol. The molecule has 3 rings (SSSR count). The molecule has 0 saturated heterocycles. The molecule has 0 spiro atoms. The summed E-state index contributed by atoms with van der Waals surface area (Å²) in [6.07, 6.45) is 4.20. The molecule has 2 aromatic rings. The van der Waals surface area contributed by atoms with Crippen LogP contribution in [0.2, 0.25) is 0 Å². The van der Waals surface area contributed by atoms with E-state index in [1.807, 2.05) is 24.3 Å². The highest BCUT2D eigenvalue weighted by molar-refractivity contribution is 6.11. The number of carbonyl (C=O) groups is 1. The number of furan rings is 1. The molecule has 0 fully saturated rings. The normalized spacial score (nSPS) is 16.4. The van der Waals surface area contributed by atoms with E-state index in [4.69, 9.17) is 9.15 Å². The van der Waals surface area contributed by atoms with E-state index in [1.54, 1.807) is 18.2 Å². The molecule has 0 unspecified atom stereocenters. The van der Waals surface area contributed by atoms with Crippen molar-refractivity contribution in [1.82, 2.24) is 0 Å². The van der Waals surface area contributed by atoms with Gasteiger partial charge in [0, 0.05) is 0 Å². The van der Waals surface area contributed by atoms with E-state index in [1.165, 1.54) is 11.8 Å². The lowest BCUT2D eigenvalue weighted by Crippen LogP contribution is -2.04. The Bertz CT molecular complexity index is 679. The molecule has 0 N–H and O–H groups in total. The standard InChI is InChI=1S/C16H13NO3/c1-2-11-5-7-12(8-6-11)10-13-16(18)20-15(17-13)14-4-3-9-19-14/h3-10H,2H2,1H3/b13-10+. The van der Waals surface area contributed by atoms with E-state index in [-0.39, 0.29) is 11.6 Å². The molecule has 0 bridgehead atoms. The first kappa shape index (κ1) is 12.4. The van der Waals surface area contributed by atoms with Crippen molar-refractivity contribution in [2.45, 2.75) is 13.3 Å². The number of aryl methyl sites for hydroxylation is 1. The van der Waals surface area contributed by atoms with Crippen LogP contribution in [0.5, 0.6) is 0 Å². The Morgan fingerprint density at radius 2 is 2.00 bits per heavy atom. The van der Waals surface area contributed by atoms with E-state index in [2.05, 4.69) is 11.9 Å². The minimum Gasteiger partial charge on any atom is -0.459 e. The molecule has 1 aromatic carbocycles. The number of esters is 1. The maximum Gasteiger partial charge on any atom is 0.363 e. The number of ether oxygens (including phenoxy) is 1. The van der Waals surface area contributed by atoms with Crippen molar-refractivity contribution in [3.63, 3.8) is 0 Å². The van der Waals surface area contributed by atoms with Crippen LogP contribution in [0.25, 0.3) is 6.08 Å². The second-order valence-corrected chi connectivity index (χ2v) is 4.41. The second-order valence-electron chi connectivity index (χ2n) is 4.41. The zero-order valence-electron chi connectivity index (χ0n) is 11.0. The molecule has 1 aromatic heterocycles. The molecule has 1 aliphatic heterocycles. The summed E-state index contributed by atoms with van der Waals surface area (Å²) in [7, 11) is 0. The molecular formula is C16H13NO3. The van der Waals surface area contributed by atoms with Gasteiger partial charge in [-0.3, -0.25) is 0 Å². The lowest BCUT2D eigenvalue weighted by atomic mass is 10.1. The van der Waals surface area contributed by atoms with Crippen molar-refractivity contribution in [1.29, 1.82) is 0 Å². The average molecular weight is 267 g/mol. The number of hydrogen-bond acceptors (Lipinski definition) is 4. The fourth-order valence-corrected chi connectivity index (χ4v) is 1.92. The number of benzene rings is 1. The molecule has 100 valence electrons. The van der Waals surface area contributed by atoms with Crippen molar-refractivity contribution in [2.75, 3.05) is 0 Å². The van der Waals surface area contributed by atoms with Gasteiger partial charge in [-0.05, 0) is 35.8 Å². The number of nitrogens with zero attached hydrogens (tertiary/aromatic N) is 1. The average Bonchev–Trinajstić information content (AvgIpc) is 3.10. The van der Waals surface area contributed by atoms with Gasteiger partial charge in [-0.2, -0.15) is 0 Å². The van der Waals surface area contributed by atoms with Gasteiger partial charge in [0.1, 0.15) is 0 Å². The highest BCUT2D eigenvalue weighted by Gasteiger charge is 2.25. The van der Waals surface area contributed by atoms with E-state index < -0.39 is 5.97 Å². The van der Waals surface area contributed by atoms with Gasteiger partial charge in [-0.25, -0.2) is 9.79 Å². The van der Waals surface area contributed by atoms with Crippen LogP contribution in [-0.4, -0.2) is 11.9 Å². The molecule has 0 saturated carbocycles. The van der Waals surface area contributed by atoms with Crippen LogP contribution in [0.3, 0.4) is 0 Å². The minimum absolute atomic E-state index is 0.205. The van der Waals surface area contributed by atoms with Crippen LogP contribution in [-0.2, 0) is 16.0 Å². The van der Waals surface area contributed by atoms with Gasteiger partial charge in [-0.15, -0.1) is 0 Å². The molecule has 0 aliphatic carbocycles. The Morgan fingerprint density at radius 3 is 2.65 bits per heavy atom. The largest absolute Gasteiger partial charge is 0.459 e. The smallest absolute Gasteiger partial charge is 0.363 e. The van der Waals surface area contributed by atoms with Crippen LogP contribution >= 0.6 is 0 Å². The zero-order chi connectivity index (χ0) is 13.9. The highest BCUT2D eigenvalue weighted by atomic mass is 16.6. The summed E-state index contributed by atoms with van der Waals surface area (Å²) in [5.74, 6) is 0.190. The molecule has 2 heterocycles. The molecule has 0 radical (unpaired) electrons. The molecule has 1 aliphatic rings. The number of hydrogen-bond donors (Lipinski definition) is 0. The Balaban J connectivity index is 1.88. The molecule has 0 atom stereocenters. The van der Waals surface area contributed by atoms with Crippen molar-refractivity contribution in [3.05, 3.63) is 65.2 Å². The lowest BCUT2D eigenvalue weighted by molar-refractivity contribution is -0.130. The van der Waals surface area contributed by atoms with Crippen molar-refractivity contribution in [3.8, 4) is 0 Å². The summed E-state index contributed by atoms with van der Waals surface area (Å²) in [5.41, 5.74) is 2.44. The summed E-state index contributed by atoms with van der Waals surface area (Å²) in [5, 5.41) is 0. The SMILES string of the molecule is CCc1ccc(/C=C2/N=C(c3ccco3)OC2=O)cc1. The highest BCUT2D eigenvalue weighted by Crippen LogP contribution is 2.19. The van der Waals surface area contributed by atoms with Crippen LogP contribution in [0.1, 0.15) is 23.8 Å². The maximum absolute atomic E-state index is 11.8. The Labute approximate surface area is 116 Å². The predicted octanol–water partition coefficient (Wildman–Crippen LogP) is 3.19.